The number of esters is 1. The van der Waals surface area contributed by atoms with E-state index in [0.717, 1.165) is 0 Å². The highest BCUT2D eigenvalue weighted by Gasteiger charge is 2.63. The summed E-state index contributed by atoms with van der Waals surface area (Å²) in [5.41, 5.74) is -0.341. The van der Waals surface area contributed by atoms with Gasteiger partial charge in [-0.15, -0.1) is 0 Å². The minimum Gasteiger partial charge on any atom is -0.458 e. The van der Waals surface area contributed by atoms with E-state index in [-0.39, 0.29) is 18.0 Å². The van der Waals surface area contributed by atoms with Crippen LogP contribution in [0.3, 0.4) is 0 Å². The van der Waals surface area contributed by atoms with Crippen LogP contribution in [0.5, 0.6) is 0 Å². The molecule has 0 aromatic rings. The van der Waals surface area contributed by atoms with Gasteiger partial charge in [-0.25, -0.2) is 9.68 Å². The van der Waals surface area contributed by atoms with Crippen LogP contribution in [-0.4, -0.2) is 34.1 Å². The molecular formula is C15H20O5. The Balaban J connectivity index is 2.03. The van der Waals surface area contributed by atoms with E-state index in [9.17, 15) is 15.2 Å². The van der Waals surface area contributed by atoms with E-state index in [0.29, 0.717) is 36.8 Å². The van der Waals surface area contributed by atoms with Crippen LogP contribution < -0.4 is 0 Å². The van der Waals surface area contributed by atoms with Crippen LogP contribution in [0.15, 0.2) is 24.3 Å². The van der Waals surface area contributed by atoms with Crippen LogP contribution in [0.2, 0.25) is 0 Å². The molecule has 3 aliphatic rings. The van der Waals surface area contributed by atoms with Crippen molar-refractivity contribution in [1.82, 2.24) is 0 Å². The summed E-state index contributed by atoms with van der Waals surface area (Å²) < 4.78 is 5.36. The third-order valence-corrected chi connectivity index (χ3v) is 5.45. The quantitative estimate of drug-likeness (QED) is 0.252. The maximum atomic E-state index is 11.7. The molecule has 20 heavy (non-hydrogen) atoms. The summed E-state index contributed by atoms with van der Waals surface area (Å²) in [7, 11) is 0. The first kappa shape index (κ1) is 13.8. The summed E-state index contributed by atoms with van der Waals surface area (Å²) >= 11 is 0. The van der Waals surface area contributed by atoms with Crippen LogP contribution >= 0.6 is 0 Å². The molecule has 2 N–H and O–H groups in total. The second-order valence-electron chi connectivity index (χ2n) is 6.63. The van der Waals surface area contributed by atoms with Gasteiger partial charge in [0.15, 0.2) is 0 Å². The first-order valence-corrected chi connectivity index (χ1v) is 6.92. The number of hydrogen-bond acceptors (Lipinski definition) is 5. The van der Waals surface area contributed by atoms with Crippen molar-refractivity contribution in [3.8, 4) is 0 Å². The molecule has 5 nitrogen and oxygen atoms in total. The molecule has 1 saturated heterocycles. The highest BCUT2D eigenvalue weighted by Crippen LogP contribution is 2.60. The van der Waals surface area contributed by atoms with Crippen LogP contribution in [0.25, 0.3) is 0 Å². The Labute approximate surface area is 117 Å². The molecule has 2 saturated carbocycles. The normalized spacial score (nSPS) is 47.8. The first-order valence-electron chi connectivity index (χ1n) is 6.92. The van der Waals surface area contributed by atoms with Gasteiger partial charge in [0.1, 0.15) is 11.7 Å². The number of aliphatic hydroxyl groups excluding tert-OH is 1. The lowest BCUT2D eigenvalue weighted by Crippen LogP contribution is -2.60. The van der Waals surface area contributed by atoms with Gasteiger partial charge >= 0.3 is 5.97 Å². The standard InChI is InChI=1S/C15H20O5/c1-8-4-10(16)5-14(3)7-12-11(6-15(8,14)20-18)9(2)13(17)19-12/h10-12,16,18H,1-2,4-7H2,3H3/t10-,11+,12+,14+,15+/m0/s1. The van der Waals surface area contributed by atoms with Crippen LogP contribution in [0, 0.1) is 11.3 Å². The Bertz CT molecular complexity index is 498. The zero-order valence-electron chi connectivity index (χ0n) is 11.6. The monoisotopic (exact) mass is 280 g/mol. The van der Waals surface area contributed by atoms with Crippen molar-refractivity contribution < 1.29 is 24.8 Å². The van der Waals surface area contributed by atoms with Gasteiger partial charge in [-0.2, -0.15) is 0 Å². The molecule has 0 spiro atoms. The average Bonchev–Trinajstić information content (AvgIpc) is 2.61. The molecule has 0 unspecified atom stereocenters. The fraction of sp³-hybridized carbons (Fsp3) is 0.667. The lowest BCUT2D eigenvalue weighted by molar-refractivity contribution is -0.360. The fourth-order valence-corrected chi connectivity index (χ4v) is 4.35. The second-order valence-corrected chi connectivity index (χ2v) is 6.63. The average molecular weight is 280 g/mol. The van der Waals surface area contributed by atoms with E-state index in [2.05, 4.69) is 13.2 Å². The maximum Gasteiger partial charge on any atom is 0.334 e. The summed E-state index contributed by atoms with van der Waals surface area (Å²) in [6.45, 7) is 9.74. The van der Waals surface area contributed by atoms with Gasteiger partial charge in [0.05, 0.1) is 6.10 Å². The number of hydrogen-bond donors (Lipinski definition) is 2. The van der Waals surface area contributed by atoms with Crippen molar-refractivity contribution in [2.45, 2.75) is 50.4 Å². The third kappa shape index (κ3) is 1.57. The van der Waals surface area contributed by atoms with Crippen molar-refractivity contribution in [2.75, 3.05) is 0 Å². The van der Waals surface area contributed by atoms with Crippen molar-refractivity contribution in [2.24, 2.45) is 11.3 Å². The van der Waals surface area contributed by atoms with Crippen LogP contribution in [0.4, 0.5) is 0 Å². The SMILES string of the molecule is C=C1C(=O)O[C@@H]2C[C@@]3(C)C[C@@H](O)CC(=C)[C@]3(OO)C[C@H]12. The molecule has 0 bridgehead atoms. The molecule has 1 heterocycles. The largest absolute Gasteiger partial charge is 0.458 e. The van der Waals surface area contributed by atoms with Gasteiger partial charge in [0, 0.05) is 16.9 Å². The minimum absolute atomic E-state index is 0.158. The smallest absolute Gasteiger partial charge is 0.334 e. The number of carbonyl (C=O) groups is 1. The topological polar surface area (TPSA) is 76.0 Å². The van der Waals surface area contributed by atoms with Gasteiger partial charge in [-0.3, -0.25) is 5.26 Å². The molecule has 110 valence electrons. The predicted molar refractivity (Wildman–Crippen MR) is 70.7 cm³/mol. The number of carbonyl (C=O) groups excluding carboxylic acids is 1. The van der Waals surface area contributed by atoms with Gasteiger partial charge < -0.3 is 9.84 Å². The summed E-state index contributed by atoms with van der Waals surface area (Å²) in [5, 5.41) is 19.6. The fourth-order valence-electron chi connectivity index (χ4n) is 4.35. The Kier molecular flexibility index (Phi) is 2.87. The van der Waals surface area contributed by atoms with Gasteiger partial charge in [0.25, 0.3) is 0 Å². The maximum absolute atomic E-state index is 11.7. The molecule has 2 aliphatic carbocycles. The molecule has 3 rings (SSSR count). The summed E-state index contributed by atoms with van der Waals surface area (Å²) in [6, 6.07) is 0. The molecular weight excluding hydrogens is 260 g/mol. The van der Waals surface area contributed by atoms with E-state index in [1.807, 2.05) is 6.92 Å². The highest BCUT2D eigenvalue weighted by molar-refractivity contribution is 5.91. The minimum atomic E-state index is -0.940. The zero-order chi connectivity index (χ0) is 14.7. The predicted octanol–water partition coefficient (Wildman–Crippen LogP) is 1.82. The number of aliphatic hydroxyl groups is 1. The molecule has 5 heteroatoms. The lowest BCUT2D eigenvalue weighted by Gasteiger charge is -2.56. The molecule has 5 atom stereocenters. The lowest BCUT2D eigenvalue weighted by atomic mass is 9.52. The van der Waals surface area contributed by atoms with Crippen LogP contribution in [0.1, 0.15) is 32.6 Å². The van der Waals surface area contributed by atoms with E-state index >= 15 is 0 Å². The second kappa shape index (κ2) is 4.16. The number of fused-ring (bicyclic) bond motifs is 2. The zero-order valence-corrected chi connectivity index (χ0v) is 11.6. The highest BCUT2D eigenvalue weighted by atomic mass is 17.1. The van der Waals surface area contributed by atoms with Crippen molar-refractivity contribution in [1.29, 1.82) is 0 Å². The van der Waals surface area contributed by atoms with Crippen molar-refractivity contribution in [3.05, 3.63) is 24.3 Å². The van der Waals surface area contributed by atoms with E-state index in [1.165, 1.54) is 0 Å². The summed E-state index contributed by atoms with van der Waals surface area (Å²) in [5.74, 6) is -0.531. The van der Waals surface area contributed by atoms with E-state index in [1.54, 1.807) is 0 Å². The molecule has 1 aliphatic heterocycles. The number of rotatable bonds is 1. The molecule has 0 aromatic heterocycles. The molecule has 0 aromatic carbocycles. The number of ether oxygens (including phenoxy) is 1. The molecule has 0 amide bonds. The Morgan fingerprint density at radius 2 is 2.05 bits per heavy atom. The first-order chi connectivity index (χ1) is 9.33. The van der Waals surface area contributed by atoms with Crippen molar-refractivity contribution in [3.63, 3.8) is 0 Å². The van der Waals surface area contributed by atoms with Crippen molar-refractivity contribution >= 4 is 5.97 Å². The Morgan fingerprint density at radius 3 is 2.70 bits per heavy atom. The summed E-state index contributed by atoms with van der Waals surface area (Å²) in [6.07, 6.45) is 1.07. The molecule has 0 radical (unpaired) electrons. The van der Waals surface area contributed by atoms with Gasteiger partial charge in [-0.1, -0.05) is 20.1 Å². The van der Waals surface area contributed by atoms with E-state index < -0.39 is 17.1 Å². The Morgan fingerprint density at radius 1 is 1.35 bits per heavy atom. The van der Waals surface area contributed by atoms with Gasteiger partial charge in [-0.05, 0) is 31.3 Å². The van der Waals surface area contributed by atoms with E-state index in [4.69, 9.17) is 9.62 Å². The summed E-state index contributed by atoms with van der Waals surface area (Å²) in [4.78, 5) is 16.6. The molecule has 3 fully saturated rings. The van der Waals surface area contributed by atoms with Gasteiger partial charge in [0.2, 0.25) is 0 Å². The Hall–Kier alpha value is -1.17. The van der Waals surface area contributed by atoms with Crippen LogP contribution in [-0.2, 0) is 14.4 Å². The third-order valence-electron chi connectivity index (χ3n) is 5.45.